The fraction of sp³-hybridized carbons (Fsp3) is 0.619. The van der Waals surface area contributed by atoms with E-state index in [4.69, 9.17) is 8.46 Å². The van der Waals surface area contributed by atoms with Crippen LogP contribution in [0.2, 0.25) is 0 Å². The number of anilines is 1. The van der Waals surface area contributed by atoms with Crippen LogP contribution in [0.4, 0.5) is 5.69 Å². The summed E-state index contributed by atoms with van der Waals surface area (Å²) in [5.41, 5.74) is 0.00259. The predicted octanol–water partition coefficient (Wildman–Crippen LogP) is 2.62. The van der Waals surface area contributed by atoms with Crippen LogP contribution in [0.1, 0.15) is 65.7 Å². The number of hydrogen-bond acceptors (Lipinski definition) is 6. The van der Waals surface area contributed by atoms with Crippen LogP contribution < -0.4 is 9.67 Å². The second-order valence-electron chi connectivity index (χ2n) is 8.06. The molecule has 3 N–H and O–H groups in total. The molecule has 1 aromatic carbocycles. The first-order chi connectivity index (χ1) is 14.1. The molecule has 0 spiro atoms. The number of phenolic OH excluding ortho intramolecular Hbond substituents is 1. The zero-order valence-corrected chi connectivity index (χ0v) is 19.7. The maximum atomic E-state index is 13.0. The monoisotopic (exact) mass is 485 g/mol. The van der Waals surface area contributed by atoms with Gasteiger partial charge >= 0.3 is 180 Å². The molecule has 2 unspecified atom stereocenters. The number of nitrogens with one attached hydrogen (secondary N) is 1. The van der Waals surface area contributed by atoms with Crippen molar-refractivity contribution in [2.75, 3.05) is 5.32 Å². The van der Waals surface area contributed by atoms with E-state index in [-0.39, 0.29) is 21.9 Å². The number of phenols is 1. The molecule has 0 heterocycles. The molecule has 9 heteroatoms. The Kier molecular flexibility index (Phi) is 9.01. The number of rotatable bonds is 9. The van der Waals surface area contributed by atoms with Crippen molar-refractivity contribution in [3.8, 4) is 5.75 Å². The van der Waals surface area contributed by atoms with Gasteiger partial charge < -0.3 is 0 Å². The Hall–Kier alpha value is -1.76. The molecule has 0 saturated heterocycles. The van der Waals surface area contributed by atoms with Gasteiger partial charge in [0.2, 0.25) is 0 Å². The molecule has 0 radical (unpaired) electrons. The van der Waals surface area contributed by atoms with Gasteiger partial charge in [-0.05, 0) is 0 Å². The average molecular weight is 485 g/mol. The van der Waals surface area contributed by atoms with Gasteiger partial charge in [-0.2, -0.15) is 0 Å². The van der Waals surface area contributed by atoms with Crippen LogP contribution in [0.5, 0.6) is 5.75 Å². The maximum absolute atomic E-state index is 13.0. The molecule has 0 bridgehead atoms. The summed E-state index contributed by atoms with van der Waals surface area (Å²) in [4.78, 5) is 23.8. The molecular formula is C21H32AsNO7. The molecule has 2 atom stereocenters. The Balaban J connectivity index is 2.17. The van der Waals surface area contributed by atoms with Gasteiger partial charge in [-0.1, -0.05) is 0 Å². The summed E-state index contributed by atoms with van der Waals surface area (Å²) in [7, 11) is 0. The first-order valence-corrected chi connectivity index (χ1v) is 13.7. The van der Waals surface area contributed by atoms with E-state index in [1.165, 1.54) is 31.5 Å². The van der Waals surface area contributed by atoms with Crippen molar-refractivity contribution >= 4 is 36.1 Å². The van der Waals surface area contributed by atoms with Crippen LogP contribution in [0.25, 0.3) is 0 Å². The number of aromatic hydroxyl groups is 1. The van der Waals surface area contributed by atoms with Gasteiger partial charge in [-0.15, -0.1) is 0 Å². The van der Waals surface area contributed by atoms with Crippen molar-refractivity contribution in [1.29, 1.82) is 0 Å². The number of benzene rings is 1. The molecule has 1 saturated carbocycles. The SMILES string of the molecule is CC(=O)Nc1cc([As](=O)(O)OC(CCC2CCCCC2)C(=O)OC(C)C)ccc1O. The topological polar surface area (TPSA) is 122 Å². The standard InChI is InChI=1S/C21H32AsNO7/c1-14(2)29-21(26)20(12-9-16-7-5-4-6-8-16)30-22(27,28)17-10-11-19(25)18(13-17)23-15(3)24/h10-11,13-14,16,20,25H,4-9,12H2,1-3H3,(H,23,24)(H,27,28). The summed E-state index contributed by atoms with van der Waals surface area (Å²) in [6.07, 6.45) is 5.23. The summed E-state index contributed by atoms with van der Waals surface area (Å²) in [6, 6.07) is 3.66. The van der Waals surface area contributed by atoms with E-state index >= 15 is 0 Å². The van der Waals surface area contributed by atoms with Crippen molar-refractivity contribution in [3.05, 3.63) is 18.2 Å². The van der Waals surface area contributed by atoms with Gasteiger partial charge in [-0.3, -0.25) is 0 Å². The molecular weight excluding hydrogens is 453 g/mol. The van der Waals surface area contributed by atoms with Crippen molar-refractivity contribution < 1.29 is 31.0 Å². The van der Waals surface area contributed by atoms with Crippen LogP contribution in [0.3, 0.4) is 0 Å². The van der Waals surface area contributed by atoms with Gasteiger partial charge in [0.25, 0.3) is 0 Å². The first-order valence-electron chi connectivity index (χ1n) is 10.4. The fourth-order valence-corrected chi connectivity index (χ4v) is 6.15. The van der Waals surface area contributed by atoms with Crippen LogP contribution >= 0.6 is 0 Å². The first kappa shape index (κ1) is 24.5. The van der Waals surface area contributed by atoms with Crippen LogP contribution in [0, 0.1) is 5.92 Å². The van der Waals surface area contributed by atoms with Crippen LogP contribution in [0.15, 0.2) is 18.2 Å². The van der Waals surface area contributed by atoms with Crippen LogP contribution in [-0.4, -0.2) is 47.5 Å². The Labute approximate surface area is 180 Å². The average Bonchev–Trinajstić information content (AvgIpc) is 2.66. The summed E-state index contributed by atoms with van der Waals surface area (Å²) < 4.78 is 34.3. The van der Waals surface area contributed by atoms with E-state index in [1.54, 1.807) is 13.8 Å². The fourth-order valence-electron chi connectivity index (χ4n) is 3.61. The summed E-state index contributed by atoms with van der Waals surface area (Å²) in [5.74, 6) is -0.855. The molecule has 2 rings (SSSR count). The van der Waals surface area contributed by atoms with Gasteiger partial charge in [-0.25, -0.2) is 0 Å². The van der Waals surface area contributed by atoms with Gasteiger partial charge in [0.05, 0.1) is 0 Å². The molecule has 1 aromatic rings. The molecule has 1 aliphatic rings. The van der Waals surface area contributed by atoms with Crippen molar-refractivity contribution in [2.24, 2.45) is 5.92 Å². The van der Waals surface area contributed by atoms with E-state index in [9.17, 15) is 22.5 Å². The minimum atomic E-state index is -5.17. The summed E-state index contributed by atoms with van der Waals surface area (Å²) >= 11 is -5.17. The molecule has 0 aliphatic heterocycles. The van der Waals surface area contributed by atoms with Crippen molar-refractivity contribution in [2.45, 2.75) is 77.9 Å². The van der Waals surface area contributed by atoms with Crippen LogP contribution in [-0.2, 0) is 21.8 Å². The second-order valence-corrected chi connectivity index (χ2v) is 11.8. The Morgan fingerprint density at radius 2 is 1.90 bits per heavy atom. The Bertz CT molecular complexity index is 790. The molecule has 1 aliphatic carbocycles. The number of esters is 1. The van der Waals surface area contributed by atoms with E-state index in [2.05, 4.69) is 5.32 Å². The number of carbonyl (C=O) groups is 2. The predicted molar refractivity (Wildman–Crippen MR) is 113 cm³/mol. The molecule has 0 aromatic heterocycles. The van der Waals surface area contributed by atoms with Crippen molar-refractivity contribution in [1.82, 2.24) is 0 Å². The van der Waals surface area contributed by atoms with E-state index < -0.39 is 32.2 Å². The number of carbonyl (C=O) groups excluding carboxylic acids is 2. The third-order valence-corrected chi connectivity index (χ3v) is 8.15. The molecule has 30 heavy (non-hydrogen) atoms. The summed E-state index contributed by atoms with van der Waals surface area (Å²) in [5, 5.41) is 12.3. The second kappa shape index (κ2) is 11.0. The molecule has 1 fully saturated rings. The Morgan fingerprint density at radius 3 is 2.50 bits per heavy atom. The molecule has 1 amide bonds. The van der Waals surface area contributed by atoms with Crippen molar-refractivity contribution in [3.63, 3.8) is 0 Å². The number of hydrogen-bond donors (Lipinski definition) is 3. The third-order valence-electron chi connectivity index (χ3n) is 5.06. The van der Waals surface area contributed by atoms with Gasteiger partial charge in [0, 0.05) is 0 Å². The Morgan fingerprint density at radius 1 is 1.23 bits per heavy atom. The van der Waals surface area contributed by atoms with E-state index in [1.807, 2.05) is 0 Å². The van der Waals surface area contributed by atoms with E-state index in [0.29, 0.717) is 12.3 Å². The molecule has 168 valence electrons. The zero-order chi connectivity index (χ0) is 22.3. The van der Waals surface area contributed by atoms with Gasteiger partial charge in [0.1, 0.15) is 0 Å². The minimum absolute atomic E-state index is 0.00259. The van der Waals surface area contributed by atoms with E-state index in [0.717, 1.165) is 32.1 Å². The quantitative estimate of drug-likeness (QED) is 0.279. The molecule has 8 nitrogen and oxygen atoms in total. The summed E-state index contributed by atoms with van der Waals surface area (Å²) in [6.45, 7) is 4.67. The third kappa shape index (κ3) is 7.49. The van der Waals surface area contributed by atoms with Gasteiger partial charge in [0.15, 0.2) is 0 Å². The normalized spacial score (nSPS) is 17.9. The zero-order valence-electron chi connectivity index (χ0n) is 17.8. The number of amides is 1. The number of ether oxygens (including phenoxy) is 1.